The molecule has 0 aliphatic carbocycles. The van der Waals surface area contributed by atoms with E-state index in [9.17, 15) is 4.79 Å². The van der Waals surface area contributed by atoms with Gasteiger partial charge in [-0.1, -0.05) is 6.07 Å². The molecule has 0 bridgehead atoms. The minimum atomic E-state index is -0.0611. The molecule has 0 saturated heterocycles. The number of carbonyl (C=O) groups is 1. The highest BCUT2D eigenvalue weighted by atomic mass is 16.5. The van der Waals surface area contributed by atoms with Crippen molar-refractivity contribution in [2.24, 2.45) is 0 Å². The Balaban J connectivity index is 2.77. The van der Waals surface area contributed by atoms with Crippen molar-refractivity contribution in [3.05, 3.63) is 29.8 Å². The number of carbonyl (C=O) groups excluding carboxylic acids is 1. The molecule has 1 N–H and O–H groups in total. The van der Waals surface area contributed by atoms with Crippen LogP contribution < -0.4 is 10.1 Å². The van der Waals surface area contributed by atoms with Gasteiger partial charge >= 0.3 is 0 Å². The first-order chi connectivity index (χ1) is 6.77. The Morgan fingerprint density at radius 2 is 2.21 bits per heavy atom. The first-order valence-electron chi connectivity index (χ1n) is 4.79. The molecule has 1 rings (SSSR count). The van der Waals surface area contributed by atoms with Crippen LogP contribution in [0.1, 0.15) is 24.2 Å². The molecule has 0 fully saturated rings. The molecule has 0 aliphatic rings. The molecule has 0 unspecified atom stereocenters. The number of hydrogen-bond acceptors (Lipinski definition) is 2. The van der Waals surface area contributed by atoms with Crippen LogP contribution in [0.25, 0.3) is 0 Å². The van der Waals surface area contributed by atoms with Crippen molar-refractivity contribution in [1.82, 2.24) is 5.32 Å². The largest absolute Gasteiger partial charge is 0.494 e. The van der Waals surface area contributed by atoms with Gasteiger partial charge in [-0.3, -0.25) is 4.79 Å². The Bertz CT molecular complexity index is 310. The molecular formula is C11H15NO2. The summed E-state index contributed by atoms with van der Waals surface area (Å²) in [6, 6.07) is 7.17. The molecule has 3 nitrogen and oxygen atoms in total. The van der Waals surface area contributed by atoms with E-state index in [2.05, 4.69) is 5.32 Å². The second-order valence-corrected chi connectivity index (χ2v) is 2.82. The fourth-order valence-electron chi connectivity index (χ4n) is 1.16. The quantitative estimate of drug-likeness (QED) is 0.792. The normalized spacial score (nSPS) is 9.57. The summed E-state index contributed by atoms with van der Waals surface area (Å²) in [6.07, 6.45) is 0. The molecular weight excluding hydrogens is 178 g/mol. The molecule has 76 valence electrons. The lowest BCUT2D eigenvalue weighted by Gasteiger charge is -2.05. The van der Waals surface area contributed by atoms with E-state index in [1.807, 2.05) is 26.0 Å². The maximum atomic E-state index is 11.4. The molecule has 0 saturated carbocycles. The molecule has 3 heteroatoms. The third-order valence-electron chi connectivity index (χ3n) is 1.74. The minimum absolute atomic E-state index is 0.0611. The predicted molar refractivity (Wildman–Crippen MR) is 55.6 cm³/mol. The Hall–Kier alpha value is -1.51. The molecule has 0 heterocycles. The monoisotopic (exact) mass is 193 g/mol. The zero-order valence-corrected chi connectivity index (χ0v) is 8.54. The Kier molecular flexibility index (Phi) is 3.98. The van der Waals surface area contributed by atoms with E-state index in [0.29, 0.717) is 18.7 Å². The second-order valence-electron chi connectivity index (χ2n) is 2.82. The van der Waals surface area contributed by atoms with Gasteiger partial charge < -0.3 is 10.1 Å². The van der Waals surface area contributed by atoms with E-state index in [1.165, 1.54) is 0 Å². The number of hydrogen-bond donors (Lipinski definition) is 1. The van der Waals surface area contributed by atoms with Crippen molar-refractivity contribution >= 4 is 5.91 Å². The smallest absolute Gasteiger partial charge is 0.251 e. The van der Waals surface area contributed by atoms with Gasteiger partial charge in [0.1, 0.15) is 5.75 Å². The molecule has 1 amide bonds. The van der Waals surface area contributed by atoms with Crippen molar-refractivity contribution in [2.45, 2.75) is 13.8 Å². The van der Waals surface area contributed by atoms with Crippen LogP contribution in [0.5, 0.6) is 5.75 Å². The first kappa shape index (κ1) is 10.6. The van der Waals surface area contributed by atoms with Crippen molar-refractivity contribution in [3.63, 3.8) is 0 Å². The third kappa shape index (κ3) is 2.76. The number of nitrogens with one attached hydrogen (secondary N) is 1. The lowest BCUT2D eigenvalue weighted by Crippen LogP contribution is -2.22. The molecule has 0 aliphatic heterocycles. The van der Waals surface area contributed by atoms with E-state index in [1.54, 1.807) is 12.1 Å². The van der Waals surface area contributed by atoms with Crippen LogP contribution in [0.4, 0.5) is 0 Å². The molecule has 14 heavy (non-hydrogen) atoms. The van der Waals surface area contributed by atoms with Gasteiger partial charge in [-0.2, -0.15) is 0 Å². The molecule has 1 aromatic carbocycles. The standard InChI is InChI=1S/C11H15NO2/c1-3-12-11(13)9-6-5-7-10(8-9)14-4-2/h5-8H,3-4H2,1-2H3,(H,12,13). The van der Waals surface area contributed by atoms with Crippen LogP contribution in [0.3, 0.4) is 0 Å². The van der Waals surface area contributed by atoms with Crippen LogP contribution in [-0.2, 0) is 0 Å². The fraction of sp³-hybridized carbons (Fsp3) is 0.364. The lowest BCUT2D eigenvalue weighted by molar-refractivity contribution is 0.0955. The van der Waals surface area contributed by atoms with Crippen LogP contribution in [0.2, 0.25) is 0 Å². The predicted octanol–water partition coefficient (Wildman–Crippen LogP) is 1.84. The summed E-state index contributed by atoms with van der Waals surface area (Å²) in [7, 11) is 0. The topological polar surface area (TPSA) is 38.3 Å². The number of benzene rings is 1. The van der Waals surface area contributed by atoms with Gasteiger partial charge in [-0.15, -0.1) is 0 Å². The van der Waals surface area contributed by atoms with Crippen molar-refractivity contribution in [3.8, 4) is 5.75 Å². The summed E-state index contributed by atoms with van der Waals surface area (Å²) < 4.78 is 5.29. The Labute approximate surface area is 84.1 Å². The highest BCUT2D eigenvalue weighted by Gasteiger charge is 2.04. The summed E-state index contributed by atoms with van der Waals surface area (Å²) in [4.78, 5) is 11.4. The van der Waals surface area contributed by atoms with E-state index < -0.39 is 0 Å². The van der Waals surface area contributed by atoms with Gasteiger partial charge in [0, 0.05) is 12.1 Å². The maximum absolute atomic E-state index is 11.4. The average molecular weight is 193 g/mol. The van der Waals surface area contributed by atoms with E-state index >= 15 is 0 Å². The van der Waals surface area contributed by atoms with Gasteiger partial charge in [0.2, 0.25) is 0 Å². The SMILES string of the molecule is CCNC(=O)c1cccc(OCC)c1. The van der Waals surface area contributed by atoms with E-state index in [4.69, 9.17) is 4.74 Å². The number of rotatable bonds is 4. The zero-order chi connectivity index (χ0) is 10.4. The van der Waals surface area contributed by atoms with Gasteiger partial charge in [-0.05, 0) is 32.0 Å². The highest BCUT2D eigenvalue weighted by Crippen LogP contribution is 2.12. The molecule has 0 atom stereocenters. The molecule has 0 radical (unpaired) electrons. The second kappa shape index (κ2) is 5.27. The number of amides is 1. The summed E-state index contributed by atoms with van der Waals surface area (Å²) in [5.74, 6) is 0.672. The maximum Gasteiger partial charge on any atom is 0.251 e. The van der Waals surface area contributed by atoms with Crippen LogP contribution in [0, 0.1) is 0 Å². The van der Waals surface area contributed by atoms with Crippen LogP contribution >= 0.6 is 0 Å². The molecule has 0 spiro atoms. The minimum Gasteiger partial charge on any atom is -0.494 e. The number of ether oxygens (including phenoxy) is 1. The van der Waals surface area contributed by atoms with Crippen molar-refractivity contribution < 1.29 is 9.53 Å². The Morgan fingerprint density at radius 3 is 2.86 bits per heavy atom. The molecule has 0 aromatic heterocycles. The summed E-state index contributed by atoms with van der Waals surface area (Å²) in [5, 5.41) is 2.74. The molecule has 1 aromatic rings. The van der Waals surface area contributed by atoms with Crippen molar-refractivity contribution in [1.29, 1.82) is 0 Å². The summed E-state index contributed by atoms with van der Waals surface area (Å²) in [6.45, 7) is 5.06. The van der Waals surface area contributed by atoms with Crippen LogP contribution in [0.15, 0.2) is 24.3 Å². The fourth-order valence-corrected chi connectivity index (χ4v) is 1.16. The van der Waals surface area contributed by atoms with Gasteiger partial charge in [0.15, 0.2) is 0 Å². The van der Waals surface area contributed by atoms with Crippen LogP contribution in [-0.4, -0.2) is 19.1 Å². The average Bonchev–Trinajstić information content (AvgIpc) is 2.19. The summed E-state index contributed by atoms with van der Waals surface area (Å²) in [5.41, 5.74) is 0.637. The summed E-state index contributed by atoms with van der Waals surface area (Å²) >= 11 is 0. The zero-order valence-electron chi connectivity index (χ0n) is 8.54. The van der Waals surface area contributed by atoms with Gasteiger partial charge in [0.25, 0.3) is 5.91 Å². The first-order valence-corrected chi connectivity index (χ1v) is 4.79. The van der Waals surface area contributed by atoms with Gasteiger partial charge in [0.05, 0.1) is 6.61 Å². The third-order valence-corrected chi connectivity index (χ3v) is 1.74. The van der Waals surface area contributed by atoms with Gasteiger partial charge in [-0.25, -0.2) is 0 Å². The van der Waals surface area contributed by atoms with E-state index in [-0.39, 0.29) is 5.91 Å². The van der Waals surface area contributed by atoms with Crippen molar-refractivity contribution in [2.75, 3.05) is 13.2 Å². The lowest BCUT2D eigenvalue weighted by atomic mass is 10.2. The van der Waals surface area contributed by atoms with E-state index in [0.717, 1.165) is 5.75 Å². The highest BCUT2D eigenvalue weighted by molar-refractivity contribution is 5.94. The Morgan fingerprint density at radius 1 is 1.43 bits per heavy atom.